The van der Waals surface area contributed by atoms with E-state index in [4.69, 9.17) is 9.47 Å². The molecule has 0 aromatic carbocycles. The van der Waals surface area contributed by atoms with E-state index < -0.39 is 0 Å². The maximum atomic E-state index is 5.10. The molecular formula is C5H10NO2. The van der Waals surface area contributed by atoms with Crippen LogP contribution < -0.4 is 5.32 Å². The van der Waals surface area contributed by atoms with Crippen LogP contribution in [0.15, 0.2) is 0 Å². The van der Waals surface area contributed by atoms with E-state index in [-0.39, 0.29) is 6.10 Å². The van der Waals surface area contributed by atoms with Gasteiger partial charge in [-0.25, -0.2) is 5.32 Å². The predicted octanol–water partition coefficient (Wildman–Crippen LogP) is -0.406. The Labute approximate surface area is 49.0 Å². The van der Waals surface area contributed by atoms with Crippen molar-refractivity contribution in [2.24, 2.45) is 0 Å². The van der Waals surface area contributed by atoms with Gasteiger partial charge >= 0.3 is 0 Å². The van der Waals surface area contributed by atoms with Crippen molar-refractivity contribution in [1.82, 2.24) is 5.32 Å². The molecule has 0 aliphatic carbocycles. The van der Waals surface area contributed by atoms with Crippen molar-refractivity contribution in [3.8, 4) is 0 Å². The van der Waals surface area contributed by atoms with Gasteiger partial charge in [0.2, 0.25) is 0 Å². The van der Waals surface area contributed by atoms with Gasteiger partial charge in [0, 0.05) is 13.7 Å². The first-order chi connectivity index (χ1) is 3.93. The Morgan fingerprint density at radius 1 is 1.88 bits per heavy atom. The number of hydrogen-bond acceptors (Lipinski definition) is 2. The fourth-order valence-corrected chi connectivity index (χ4v) is 0.694. The second-order valence-corrected chi connectivity index (χ2v) is 1.78. The molecule has 0 bridgehead atoms. The lowest BCUT2D eigenvalue weighted by atomic mass is 10.4. The molecule has 3 heteroatoms. The van der Waals surface area contributed by atoms with Gasteiger partial charge in [-0.2, -0.15) is 0 Å². The Bertz CT molecular complexity index is 61.4. The van der Waals surface area contributed by atoms with Gasteiger partial charge in [-0.1, -0.05) is 0 Å². The minimum atomic E-state index is 0.222. The van der Waals surface area contributed by atoms with Crippen molar-refractivity contribution in [1.29, 1.82) is 0 Å². The summed E-state index contributed by atoms with van der Waals surface area (Å²) in [5, 5.41) is 3.98. The molecule has 1 rings (SSSR count). The predicted molar refractivity (Wildman–Crippen MR) is 28.6 cm³/mol. The van der Waals surface area contributed by atoms with E-state index in [9.17, 15) is 0 Å². The van der Waals surface area contributed by atoms with E-state index in [1.807, 2.05) is 0 Å². The molecule has 0 saturated carbocycles. The summed E-state index contributed by atoms with van der Waals surface area (Å²) in [6.07, 6.45) is 0.222. The fourth-order valence-electron chi connectivity index (χ4n) is 0.694. The van der Waals surface area contributed by atoms with Crippen LogP contribution in [0.25, 0.3) is 0 Å². The van der Waals surface area contributed by atoms with Gasteiger partial charge in [-0.3, -0.25) is 0 Å². The summed E-state index contributed by atoms with van der Waals surface area (Å²) in [5.74, 6) is 0. The number of hydrogen-bond donors (Lipinski definition) is 0. The highest BCUT2D eigenvalue weighted by Crippen LogP contribution is 1.97. The lowest BCUT2D eigenvalue weighted by Crippen LogP contribution is -2.16. The number of methoxy groups -OCH3 is 1. The summed E-state index contributed by atoms with van der Waals surface area (Å²) >= 11 is 0. The van der Waals surface area contributed by atoms with Gasteiger partial charge in [-0.15, -0.1) is 0 Å². The second kappa shape index (κ2) is 3.02. The molecule has 0 N–H and O–H groups in total. The van der Waals surface area contributed by atoms with Crippen LogP contribution in [0.1, 0.15) is 0 Å². The van der Waals surface area contributed by atoms with Gasteiger partial charge in [0.1, 0.15) is 6.73 Å². The molecule has 1 atom stereocenters. The molecule has 0 aromatic rings. The molecular weight excluding hydrogens is 106 g/mol. The van der Waals surface area contributed by atoms with E-state index >= 15 is 0 Å². The lowest BCUT2D eigenvalue weighted by molar-refractivity contribution is 0.0418. The van der Waals surface area contributed by atoms with Crippen LogP contribution in [0.5, 0.6) is 0 Å². The maximum absolute atomic E-state index is 5.10. The molecule has 3 nitrogen and oxygen atoms in total. The van der Waals surface area contributed by atoms with Crippen LogP contribution in [0.4, 0.5) is 0 Å². The highest BCUT2D eigenvalue weighted by atomic mass is 16.5. The SMILES string of the molecule is COCC1C[N]CO1. The van der Waals surface area contributed by atoms with Gasteiger partial charge in [-0.05, 0) is 0 Å². The zero-order chi connectivity index (χ0) is 5.82. The first-order valence-electron chi connectivity index (χ1n) is 2.67. The number of ether oxygens (including phenoxy) is 2. The molecule has 8 heavy (non-hydrogen) atoms. The molecule has 1 unspecified atom stereocenters. The molecule has 1 radical (unpaired) electrons. The molecule has 0 spiro atoms. The number of rotatable bonds is 2. The fraction of sp³-hybridized carbons (Fsp3) is 1.00. The summed E-state index contributed by atoms with van der Waals surface area (Å²) in [4.78, 5) is 0. The van der Waals surface area contributed by atoms with Crippen molar-refractivity contribution in [2.45, 2.75) is 6.10 Å². The Hall–Kier alpha value is -0.120. The average Bonchev–Trinajstić information content (AvgIpc) is 2.19. The van der Waals surface area contributed by atoms with E-state index in [1.165, 1.54) is 0 Å². The highest BCUT2D eigenvalue weighted by molar-refractivity contribution is 4.63. The third-order valence-corrected chi connectivity index (χ3v) is 1.09. The topological polar surface area (TPSA) is 32.6 Å². The van der Waals surface area contributed by atoms with Gasteiger partial charge in [0.05, 0.1) is 12.7 Å². The first kappa shape index (κ1) is 6.01. The summed E-state index contributed by atoms with van der Waals surface area (Å²) < 4.78 is 9.94. The summed E-state index contributed by atoms with van der Waals surface area (Å²) in [6.45, 7) is 2.02. The first-order valence-corrected chi connectivity index (χ1v) is 2.67. The van der Waals surface area contributed by atoms with Crippen LogP contribution in [-0.2, 0) is 9.47 Å². The van der Waals surface area contributed by atoms with E-state index in [0.29, 0.717) is 13.3 Å². The van der Waals surface area contributed by atoms with Crippen molar-refractivity contribution >= 4 is 0 Å². The lowest BCUT2D eigenvalue weighted by Gasteiger charge is -2.03. The smallest absolute Gasteiger partial charge is 0.113 e. The third-order valence-electron chi connectivity index (χ3n) is 1.09. The van der Waals surface area contributed by atoms with Crippen molar-refractivity contribution in [3.05, 3.63) is 0 Å². The standard InChI is InChI=1S/C5H10NO2/c1-7-3-5-2-6-4-8-5/h5H,2-4H2,1H3. The molecule has 1 aliphatic heterocycles. The van der Waals surface area contributed by atoms with Crippen LogP contribution in [0, 0.1) is 0 Å². The largest absolute Gasteiger partial charge is 0.382 e. The second-order valence-electron chi connectivity index (χ2n) is 1.78. The molecule has 1 heterocycles. The van der Waals surface area contributed by atoms with Crippen LogP contribution >= 0.6 is 0 Å². The van der Waals surface area contributed by atoms with E-state index in [1.54, 1.807) is 7.11 Å². The quantitative estimate of drug-likeness (QED) is 0.491. The van der Waals surface area contributed by atoms with Crippen LogP contribution in [0.2, 0.25) is 0 Å². The Morgan fingerprint density at radius 2 is 2.75 bits per heavy atom. The van der Waals surface area contributed by atoms with Crippen molar-refractivity contribution < 1.29 is 9.47 Å². The maximum Gasteiger partial charge on any atom is 0.113 e. The zero-order valence-corrected chi connectivity index (χ0v) is 4.96. The van der Waals surface area contributed by atoms with Crippen molar-refractivity contribution in [2.75, 3.05) is 27.0 Å². The van der Waals surface area contributed by atoms with Gasteiger partial charge in [0.15, 0.2) is 0 Å². The normalized spacial score (nSPS) is 28.9. The Balaban J connectivity index is 2.06. The van der Waals surface area contributed by atoms with E-state index in [2.05, 4.69) is 5.32 Å². The molecule has 0 aromatic heterocycles. The zero-order valence-electron chi connectivity index (χ0n) is 4.96. The minimum absolute atomic E-state index is 0.222. The molecule has 1 saturated heterocycles. The van der Waals surface area contributed by atoms with E-state index in [0.717, 1.165) is 6.54 Å². The van der Waals surface area contributed by atoms with Crippen LogP contribution in [0.3, 0.4) is 0 Å². The van der Waals surface area contributed by atoms with Crippen molar-refractivity contribution in [3.63, 3.8) is 0 Å². The molecule has 47 valence electrons. The van der Waals surface area contributed by atoms with Gasteiger partial charge < -0.3 is 9.47 Å². The third kappa shape index (κ3) is 1.43. The summed E-state index contributed by atoms with van der Waals surface area (Å²) in [6, 6.07) is 0. The minimum Gasteiger partial charge on any atom is -0.382 e. The van der Waals surface area contributed by atoms with Gasteiger partial charge in [0.25, 0.3) is 0 Å². The monoisotopic (exact) mass is 116 g/mol. The highest BCUT2D eigenvalue weighted by Gasteiger charge is 2.14. The Kier molecular flexibility index (Phi) is 2.27. The molecule has 1 aliphatic rings. The Morgan fingerprint density at radius 3 is 3.25 bits per heavy atom. The average molecular weight is 116 g/mol. The molecule has 0 amide bonds. The number of nitrogens with zero attached hydrogens (tertiary/aromatic N) is 1. The van der Waals surface area contributed by atoms with Crippen LogP contribution in [-0.4, -0.2) is 33.1 Å². The summed E-state index contributed by atoms with van der Waals surface area (Å²) in [5.41, 5.74) is 0. The molecule has 1 fully saturated rings. The summed E-state index contributed by atoms with van der Waals surface area (Å²) in [7, 11) is 1.67.